The third kappa shape index (κ3) is 5.02. The zero-order chi connectivity index (χ0) is 16.9. The molecule has 0 atom stereocenters. The second kappa shape index (κ2) is 7.18. The number of nitrogens with two attached hydrogens (primary N) is 1. The van der Waals surface area contributed by atoms with Crippen LogP contribution in [-0.2, 0) is 10.0 Å². The van der Waals surface area contributed by atoms with Gasteiger partial charge in [0.25, 0.3) is 5.91 Å². The fraction of sp³-hybridized carbons (Fsp3) is 0. The highest BCUT2D eigenvalue weighted by Crippen LogP contribution is 2.11. The number of rotatable bonds is 4. The number of hydrazine groups is 1. The van der Waals surface area contributed by atoms with Gasteiger partial charge in [-0.05, 0) is 48.6 Å². The predicted octanol–water partition coefficient (Wildman–Crippen LogP) is 0.965. The zero-order valence-electron chi connectivity index (χ0n) is 11.8. The fourth-order valence-corrected chi connectivity index (χ4v) is 2.31. The number of primary sulfonamides is 1. The summed E-state index contributed by atoms with van der Waals surface area (Å²) < 4.78 is 22.3. The number of nitrogens with one attached hydrogen (secondary N) is 3. The molecule has 2 aromatic rings. The molecule has 2 aromatic carbocycles. The van der Waals surface area contributed by atoms with Crippen LogP contribution in [0.25, 0.3) is 0 Å². The van der Waals surface area contributed by atoms with Gasteiger partial charge in [0.15, 0.2) is 5.11 Å². The summed E-state index contributed by atoms with van der Waals surface area (Å²) >= 11 is 4.99. The Labute approximate surface area is 138 Å². The van der Waals surface area contributed by atoms with Gasteiger partial charge >= 0.3 is 0 Å². The summed E-state index contributed by atoms with van der Waals surface area (Å²) in [7, 11) is -3.73. The lowest BCUT2D eigenvalue weighted by atomic mass is 10.2. The molecule has 9 heteroatoms. The topological polar surface area (TPSA) is 113 Å². The average Bonchev–Trinajstić information content (AvgIpc) is 2.53. The third-order valence-corrected chi connectivity index (χ3v) is 3.90. The van der Waals surface area contributed by atoms with Crippen LogP contribution in [0.4, 0.5) is 5.69 Å². The molecule has 120 valence electrons. The van der Waals surface area contributed by atoms with E-state index in [1.165, 1.54) is 24.3 Å². The Morgan fingerprint density at radius 2 is 1.61 bits per heavy atom. The van der Waals surface area contributed by atoms with Crippen LogP contribution in [-0.4, -0.2) is 19.4 Å². The van der Waals surface area contributed by atoms with Crippen LogP contribution < -0.4 is 21.3 Å². The van der Waals surface area contributed by atoms with Crippen molar-refractivity contribution >= 4 is 38.9 Å². The Balaban J connectivity index is 1.88. The third-order valence-electron chi connectivity index (χ3n) is 2.77. The maximum atomic E-state index is 11.9. The quantitative estimate of drug-likeness (QED) is 0.483. The minimum Gasteiger partial charge on any atom is -0.299 e. The lowest BCUT2D eigenvalue weighted by Crippen LogP contribution is -2.41. The van der Waals surface area contributed by atoms with Crippen molar-refractivity contribution in [3.63, 3.8) is 0 Å². The van der Waals surface area contributed by atoms with Crippen molar-refractivity contribution in [1.82, 2.24) is 10.7 Å². The summed E-state index contributed by atoms with van der Waals surface area (Å²) in [6, 6.07) is 14.3. The van der Waals surface area contributed by atoms with E-state index >= 15 is 0 Å². The first-order chi connectivity index (χ1) is 10.9. The van der Waals surface area contributed by atoms with E-state index < -0.39 is 10.0 Å². The van der Waals surface area contributed by atoms with Gasteiger partial charge in [-0.15, -0.1) is 0 Å². The molecule has 0 radical (unpaired) electrons. The zero-order valence-corrected chi connectivity index (χ0v) is 13.4. The van der Waals surface area contributed by atoms with Crippen molar-refractivity contribution in [1.29, 1.82) is 0 Å². The van der Waals surface area contributed by atoms with Crippen molar-refractivity contribution in [3.8, 4) is 0 Å². The Morgan fingerprint density at radius 1 is 1.00 bits per heavy atom. The van der Waals surface area contributed by atoms with Crippen molar-refractivity contribution < 1.29 is 13.2 Å². The molecular weight excluding hydrogens is 336 g/mol. The molecule has 0 bridgehead atoms. The number of sulfonamides is 1. The fourth-order valence-electron chi connectivity index (χ4n) is 1.65. The highest BCUT2D eigenvalue weighted by Gasteiger charge is 2.08. The van der Waals surface area contributed by atoms with Gasteiger partial charge in [-0.2, -0.15) is 0 Å². The number of anilines is 1. The van der Waals surface area contributed by atoms with Gasteiger partial charge in [0, 0.05) is 5.56 Å². The summed E-state index contributed by atoms with van der Waals surface area (Å²) in [5, 5.41) is 7.59. The molecule has 23 heavy (non-hydrogen) atoms. The van der Waals surface area contributed by atoms with Crippen LogP contribution >= 0.6 is 12.2 Å². The molecule has 2 rings (SSSR count). The first kappa shape index (κ1) is 16.9. The summed E-state index contributed by atoms with van der Waals surface area (Å²) in [6.07, 6.45) is 0. The molecule has 0 saturated carbocycles. The van der Waals surface area contributed by atoms with E-state index in [2.05, 4.69) is 16.2 Å². The number of carbonyl (C=O) groups excluding carboxylic acids is 1. The number of thiocarbonyl (C=S) groups is 1. The predicted molar refractivity (Wildman–Crippen MR) is 91.1 cm³/mol. The number of hydrogen-bond donors (Lipinski definition) is 4. The Bertz CT molecular complexity index is 806. The average molecular weight is 350 g/mol. The molecule has 0 spiro atoms. The SMILES string of the molecule is NS(=O)(=O)c1ccc(NNC(=S)NC(=O)c2ccccc2)cc1. The van der Waals surface area contributed by atoms with Gasteiger partial charge in [-0.3, -0.25) is 21.0 Å². The lowest BCUT2D eigenvalue weighted by Gasteiger charge is -2.12. The van der Waals surface area contributed by atoms with Crippen molar-refractivity contribution in [2.45, 2.75) is 4.90 Å². The molecule has 0 aliphatic carbocycles. The summed E-state index contributed by atoms with van der Waals surface area (Å²) in [6.45, 7) is 0. The van der Waals surface area contributed by atoms with Gasteiger partial charge in [0.05, 0.1) is 10.6 Å². The van der Waals surface area contributed by atoms with Crippen LogP contribution in [0.2, 0.25) is 0 Å². The summed E-state index contributed by atoms with van der Waals surface area (Å²) in [5.41, 5.74) is 6.40. The normalized spacial score (nSPS) is 10.7. The second-order valence-corrected chi connectivity index (χ2v) is 6.44. The van der Waals surface area contributed by atoms with Crippen molar-refractivity contribution in [3.05, 3.63) is 60.2 Å². The molecule has 7 nitrogen and oxygen atoms in total. The van der Waals surface area contributed by atoms with Gasteiger partial charge in [0.2, 0.25) is 10.0 Å². The van der Waals surface area contributed by atoms with E-state index in [1.807, 2.05) is 0 Å². The maximum absolute atomic E-state index is 11.9. The monoisotopic (exact) mass is 350 g/mol. The van der Waals surface area contributed by atoms with E-state index in [1.54, 1.807) is 30.3 Å². The summed E-state index contributed by atoms with van der Waals surface area (Å²) in [4.78, 5) is 11.9. The largest absolute Gasteiger partial charge is 0.299 e. The van der Waals surface area contributed by atoms with E-state index in [0.29, 0.717) is 11.3 Å². The minimum absolute atomic E-state index is 0.00278. The van der Waals surface area contributed by atoms with Crippen LogP contribution in [0.1, 0.15) is 10.4 Å². The highest BCUT2D eigenvalue weighted by molar-refractivity contribution is 7.89. The molecule has 0 fully saturated rings. The molecule has 0 unspecified atom stereocenters. The number of hydrogen-bond acceptors (Lipinski definition) is 5. The molecule has 0 aliphatic rings. The van der Waals surface area contributed by atoms with Gasteiger partial charge in [-0.25, -0.2) is 13.6 Å². The first-order valence-electron chi connectivity index (χ1n) is 6.41. The first-order valence-corrected chi connectivity index (χ1v) is 8.37. The molecular formula is C14H14N4O3S2. The van der Waals surface area contributed by atoms with Crippen molar-refractivity contribution in [2.24, 2.45) is 5.14 Å². The van der Waals surface area contributed by atoms with Crippen LogP contribution in [0, 0.1) is 0 Å². The van der Waals surface area contributed by atoms with Crippen molar-refractivity contribution in [2.75, 3.05) is 5.43 Å². The van der Waals surface area contributed by atoms with Crippen LogP contribution in [0.5, 0.6) is 0 Å². The Hall–Kier alpha value is -2.49. The Morgan fingerprint density at radius 3 is 2.17 bits per heavy atom. The maximum Gasteiger partial charge on any atom is 0.257 e. The molecule has 5 N–H and O–H groups in total. The molecule has 0 aliphatic heterocycles. The standard InChI is InChI=1S/C14H14N4O3S2/c15-23(20,21)12-8-6-11(7-9-12)17-18-14(22)16-13(19)10-4-2-1-3-5-10/h1-9,17H,(H2,15,20,21)(H2,16,18,19,22). The summed E-state index contributed by atoms with van der Waals surface area (Å²) in [5.74, 6) is -0.338. The van der Waals surface area contributed by atoms with Gasteiger partial charge in [0.1, 0.15) is 0 Å². The molecule has 0 heterocycles. The van der Waals surface area contributed by atoms with E-state index in [4.69, 9.17) is 17.4 Å². The minimum atomic E-state index is -3.73. The second-order valence-electron chi connectivity index (χ2n) is 4.47. The van der Waals surface area contributed by atoms with E-state index in [9.17, 15) is 13.2 Å². The smallest absolute Gasteiger partial charge is 0.257 e. The number of benzene rings is 2. The highest BCUT2D eigenvalue weighted by atomic mass is 32.2. The molecule has 0 aromatic heterocycles. The lowest BCUT2D eigenvalue weighted by molar-refractivity contribution is 0.0977. The molecule has 1 amide bonds. The van der Waals surface area contributed by atoms with Gasteiger partial charge < -0.3 is 0 Å². The number of carbonyl (C=O) groups is 1. The Kier molecular flexibility index (Phi) is 5.27. The molecule has 0 saturated heterocycles. The van der Waals surface area contributed by atoms with Gasteiger partial charge in [-0.1, -0.05) is 18.2 Å². The number of amides is 1. The van der Waals surface area contributed by atoms with E-state index in [0.717, 1.165) is 0 Å². The van der Waals surface area contributed by atoms with Crippen LogP contribution in [0.15, 0.2) is 59.5 Å². The van der Waals surface area contributed by atoms with E-state index in [-0.39, 0.29) is 15.9 Å². The van der Waals surface area contributed by atoms with Crippen LogP contribution in [0.3, 0.4) is 0 Å².